The molecule has 0 saturated carbocycles. The van der Waals surface area contributed by atoms with Crippen LogP contribution in [0.4, 0.5) is 0 Å². The molecule has 2 aliphatic rings. The maximum Gasteiger partial charge on any atom is 0.226 e. The first-order valence-electron chi connectivity index (χ1n) is 10.7. The highest BCUT2D eigenvalue weighted by Crippen LogP contribution is 2.41. The average molecular weight is 408 g/mol. The number of ether oxygens (including phenoxy) is 2. The molecule has 0 unspecified atom stereocenters. The molecule has 0 N–H and O–H groups in total. The maximum atomic E-state index is 12.8. The van der Waals surface area contributed by atoms with Crippen molar-refractivity contribution in [3.05, 3.63) is 58.7 Å². The number of piperidine rings is 1. The fourth-order valence-electron chi connectivity index (χ4n) is 4.51. The summed E-state index contributed by atoms with van der Waals surface area (Å²) < 4.78 is 12.1. The zero-order chi connectivity index (χ0) is 21.3. The molecule has 0 radical (unpaired) electrons. The number of amides is 1. The number of carbonyl (C=O) groups excluding carboxylic acids is 2. The molecule has 0 aromatic heterocycles. The summed E-state index contributed by atoms with van der Waals surface area (Å²) in [5.74, 6) is 1.73. The Morgan fingerprint density at radius 2 is 1.77 bits per heavy atom. The molecule has 1 spiro atoms. The van der Waals surface area contributed by atoms with Gasteiger partial charge in [0, 0.05) is 25.9 Å². The van der Waals surface area contributed by atoms with Crippen LogP contribution < -0.4 is 9.47 Å². The molecule has 30 heavy (non-hydrogen) atoms. The molecule has 1 fully saturated rings. The van der Waals surface area contributed by atoms with E-state index in [2.05, 4.69) is 0 Å². The monoisotopic (exact) mass is 407 g/mol. The van der Waals surface area contributed by atoms with E-state index in [4.69, 9.17) is 9.47 Å². The molecule has 2 aromatic carbocycles. The summed E-state index contributed by atoms with van der Waals surface area (Å²) in [4.78, 5) is 27.3. The van der Waals surface area contributed by atoms with Crippen LogP contribution in [0.1, 0.15) is 52.7 Å². The standard InChI is InChI=1S/C25H29NO4/c1-17-4-6-20(7-5-17)29-13-8-23(28)26-11-9-25(10-12-26)16-21(27)24-19(3)14-18(2)15-22(24)30-25/h4-7,14-15H,8-13,16H2,1-3H3. The van der Waals surface area contributed by atoms with Crippen LogP contribution in [-0.2, 0) is 4.79 Å². The van der Waals surface area contributed by atoms with E-state index >= 15 is 0 Å². The Labute approximate surface area is 178 Å². The van der Waals surface area contributed by atoms with Gasteiger partial charge in [-0.1, -0.05) is 23.8 Å². The van der Waals surface area contributed by atoms with Crippen LogP contribution in [-0.4, -0.2) is 41.9 Å². The number of hydrogen-bond donors (Lipinski definition) is 0. The van der Waals surface area contributed by atoms with Crippen molar-refractivity contribution in [1.29, 1.82) is 0 Å². The van der Waals surface area contributed by atoms with Crippen LogP contribution in [0.3, 0.4) is 0 Å². The second kappa shape index (κ2) is 8.13. The van der Waals surface area contributed by atoms with Crippen molar-refractivity contribution in [2.45, 2.75) is 52.1 Å². The minimum Gasteiger partial charge on any atom is -0.493 e. The highest BCUT2D eigenvalue weighted by molar-refractivity contribution is 6.01. The van der Waals surface area contributed by atoms with Crippen molar-refractivity contribution in [1.82, 2.24) is 4.90 Å². The minimum atomic E-state index is -0.487. The Hall–Kier alpha value is -2.82. The van der Waals surface area contributed by atoms with E-state index in [1.807, 2.05) is 62.1 Å². The number of likely N-dealkylation sites (tertiary alicyclic amines) is 1. The van der Waals surface area contributed by atoms with Gasteiger partial charge in [0.15, 0.2) is 5.78 Å². The van der Waals surface area contributed by atoms with Crippen LogP contribution >= 0.6 is 0 Å². The molecular formula is C25H29NO4. The summed E-state index contributed by atoms with van der Waals surface area (Å²) >= 11 is 0. The number of Topliss-reactive ketones (excluding diaryl/α,β-unsaturated/α-hetero) is 1. The van der Waals surface area contributed by atoms with Crippen LogP contribution in [0.25, 0.3) is 0 Å². The van der Waals surface area contributed by atoms with E-state index in [9.17, 15) is 9.59 Å². The predicted octanol–water partition coefficient (Wildman–Crippen LogP) is 4.41. The van der Waals surface area contributed by atoms with E-state index in [-0.39, 0.29) is 11.7 Å². The van der Waals surface area contributed by atoms with Gasteiger partial charge in [0.1, 0.15) is 17.1 Å². The zero-order valence-electron chi connectivity index (χ0n) is 18.0. The molecule has 0 aliphatic carbocycles. The fraction of sp³-hybridized carbons (Fsp3) is 0.440. The Kier molecular flexibility index (Phi) is 5.54. The van der Waals surface area contributed by atoms with E-state index in [1.54, 1.807) is 0 Å². The van der Waals surface area contributed by atoms with Gasteiger partial charge in [0.2, 0.25) is 5.91 Å². The summed E-state index contributed by atoms with van der Waals surface area (Å²) in [5, 5.41) is 0. The molecule has 4 rings (SSSR count). The van der Waals surface area contributed by atoms with Crippen molar-refractivity contribution >= 4 is 11.7 Å². The molecule has 2 aromatic rings. The van der Waals surface area contributed by atoms with Gasteiger partial charge >= 0.3 is 0 Å². The quantitative estimate of drug-likeness (QED) is 0.753. The first kappa shape index (κ1) is 20.5. The number of ketones is 1. The topological polar surface area (TPSA) is 55.8 Å². The highest BCUT2D eigenvalue weighted by atomic mass is 16.5. The van der Waals surface area contributed by atoms with Gasteiger partial charge in [-0.15, -0.1) is 0 Å². The van der Waals surface area contributed by atoms with Crippen LogP contribution in [0, 0.1) is 20.8 Å². The predicted molar refractivity (Wildman–Crippen MR) is 115 cm³/mol. The van der Waals surface area contributed by atoms with E-state index in [0.29, 0.717) is 51.1 Å². The number of rotatable bonds is 4. The Balaban J connectivity index is 1.32. The number of nitrogens with zero attached hydrogens (tertiary/aromatic N) is 1. The third kappa shape index (κ3) is 4.20. The zero-order valence-corrected chi connectivity index (χ0v) is 18.0. The Morgan fingerprint density at radius 1 is 1.07 bits per heavy atom. The van der Waals surface area contributed by atoms with Gasteiger partial charge in [-0.05, 0) is 50.1 Å². The largest absolute Gasteiger partial charge is 0.493 e. The minimum absolute atomic E-state index is 0.0891. The van der Waals surface area contributed by atoms with Gasteiger partial charge < -0.3 is 14.4 Å². The summed E-state index contributed by atoms with van der Waals surface area (Å²) in [6.07, 6.45) is 2.09. The number of fused-ring (bicyclic) bond motifs is 1. The third-order valence-corrected chi connectivity index (χ3v) is 6.16. The molecule has 5 nitrogen and oxygen atoms in total. The summed E-state index contributed by atoms with van der Waals surface area (Å²) in [5.41, 5.74) is 3.48. The molecule has 158 valence electrons. The van der Waals surface area contributed by atoms with Gasteiger partial charge in [0.25, 0.3) is 0 Å². The summed E-state index contributed by atoms with van der Waals surface area (Å²) in [6, 6.07) is 11.8. The van der Waals surface area contributed by atoms with E-state index in [0.717, 1.165) is 22.4 Å². The molecule has 2 aliphatic heterocycles. The molecular weight excluding hydrogens is 378 g/mol. The highest BCUT2D eigenvalue weighted by Gasteiger charge is 2.44. The number of carbonyl (C=O) groups is 2. The van der Waals surface area contributed by atoms with Crippen LogP contribution in [0.5, 0.6) is 11.5 Å². The molecule has 0 atom stereocenters. The van der Waals surface area contributed by atoms with Crippen LogP contribution in [0.2, 0.25) is 0 Å². The summed E-state index contributed by atoms with van der Waals surface area (Å²) in [6.45, 7) is 7.59. The van der Waals surface area contributed by atoms with E-state index in [1.165, 1.54) is 5.56 Å². The third-order valence-electron chi connectivity index (χ3n) is 6.16. The van der Waals surface area contributed by atoms with Gasteiger partial charge in [-0.3, -0.25) is 9.59 Å². The first-order valence-corrected chi connectivity index (χ1v) is 10.7. The Morgan fingerprint density at radius 3 is 2.47 bits per heavy atom. The number of aryl methyl sites for hydroxylation is 3. The van der Waals surface area contributed by atoms with Gasteiger partial charge in [-0.2, -0.15) is 0 Å². The lowest BCUT2D eigenvalue weighted by Gasteiger charge is -2.44. The second-order valence-electron chi connectivity index (χ2n) is 8.63. The fourth-order valence-corrected chi connectivity index (χ4v) is 4.51. The lowest BCUT2D eigenvalue weighted by molar-refractivity contribution is -0.135. The van der Waals surface area contributed by atoms with E-state index < -0.39 is 5.60 Å². The second-order valence-corrected chi connectivity index (χ2v) is 8.63. The smallest absolute Gasteiger partial charge is 0.226 e. The van der Waals surface area contributed by atoms with Crippen molar-refractivity contribution in [3.63, 3.8) is 0 Å². The number of hydrogen-bond acceptors (Lipinski definition) is 4. The maximum absolute atomic E-state index is 12.8. The first-order chi connectivity index (χ1) is 14.3. The Bertz CT molecular complexity index is 956. The molecule has 1 amide bonds. The lowest BCUT2D eigenvalue weighted by Crippen LogP contribution is -2.52. The lowest BCUT2D eigenvalue weighted by atomic mass is 9.81. The SMILES string of the molecule is Cc1ccc(OCCC(=O)N2CCC3(CC2)CC(=O)c2c(C)cc(C)cc2O3)cc1. The molecule has 2 heterocycles. The normalized spacial score (nSPS) is 17.4. The van der Waals surface area contributed by atoms with Crippen LogP contribution in [0.15, 0.2) is 36.4 Å². The molecule has 5 heteroatoms. The van der Waals surface area contributed by atoms with Gasteiger partial charge in [0.05, 0.1) is 25.0 Å². The summed E-state index contributed by atoms with van der Waals surface area (Å²) in [7, 11) is 0. The van der Waals surface area contributed by atoms with Crippen molar-refractivity contribution in [2.24, 2.45) is 0 Å². The van der Waals surface area contributed by atoms with Crippen molar-refractivity contribution in [2.75, 3.05) is 19.7 Å². The van der Waals surface area contributed by atoms with Gasteiger partial charge in [-0.25, -0.2) is 0 Å². The average Bonchev–Trinajstić information content (AvgIpc) is 2.69. The van der Waals surface area contributed by atoms with Crippen molar-refractivity contribution in [3.8, 4) is 11.5 Å². The molecule has 1 saturated heterocycles. The molecule has 0 bridgehead atoms. The number of benzene rings is 2. The van der Waals surface area contributed by atoms with Crippen molar-refractivity contribution < 1.29 is 19.1 Å².